The summed E-state index contributed by atoms with van der Waals surface area (Å²) in [7, 11) is 0. The molecule has 1 saturated heterocycles. The number of hydrogen-bond acceptors (Lipinski definition) is 3. The molecule has 1 atom stereocenters. The minimum Gasteiger partial charge on any atom is -0.428 e. The Morgan fingerprint density at radius 1 is 1.23 bits per heavy atom. The van der Waals surface area contributed by atoms with E-state index in [-0.39, 0.29) is 0 Å². The van der Waals surface area contributed by atoms with Crippen molar-refractivity contribution >= 4 is 44.8 Å². The van der Waals surface area contributed by atoms with E-state index in [1.165, 1.54) is 11.8 Å². The molecule has 1 aliphatic heterocycles. The molecule has 0 amide bonds. The van der Waals surface area contributed by atoms with Gasteiger partial charge in [0.2, 0.25) is 0 Å². The molecule has 116 valence electrons. The van der Waals surface area contributed by atoms with Crippen LogP contribution in [0, 0.1) is 0 Å². The third-order valence-corrected chi connectivity index (χ3v) is 4.45. The molecule has 0 aliphatic carbocycles. The highest BCUT2D eigenvalue weighted by Crippen LogP contribution is 2.30. The molecule has 0 saturated carbocycles. The molecule has 3 aromatic rings. The second kappa shape index (κ2) is 6.83. The van der Waals surface area contributed by atoms with Gasteiger partial charge < -0.3 is 13.4 Å². The molecular weight excluding hydrogens is 389 g/mol. The fourth-order valence-electron chi connectivity index (χ4n) is 2.93. The number of aromatic amines is 1. The lowest BCUT2D eigenvalue weighted by Crippen LogP contribution is -2.13. The smallest absolute Gasteiger partial charge is 0.192 e. The van der Waals surface area contributed by atoms with E-state index < -0.39 is 0 Å². The molecule has 1 unspecified atom stereocenters. The second-order valence-corrected chi connectivity index (χ2v) is 5.63. The number of nitrogens with one attached hydrogen (secondary N) is 2. The maximum atomic E-state index is 5.25. The topological polar surface area (TPSA) is 49.9 Å². The van der Waals surface area contributed by atoms with Crippen molar-refractivity contribution in [1.82, 2.24) is 15.3 Å². The standard InChI is InChI=1S/C15H14IN3O.C2H6/c16-20-10-4-5-11-9(8-10)3-6-12-14(11)19-15(18-12)13-2-1-7-17-13;1-2/h3-6,8,13,17H,1-2,7H2,(H,18,19);1-2H3. The number of nitrogens with zero attached hydrogens (tertiary/aromatic N) is 1. The third-order valence-electron chi connectivity index (χ3n) is 3.94. The van der Waals surface area contributed by atoms with Gasteiger partial charge in [-0.3, -0.25) is 0 Å². The van der Waals surface area contributed by atoms with Crippen LogP contribution in [0.4, 0.5) is 0 Å². The van der Waals surface area contributed by atoms with Crippen LogP contribution in [-0.4, -0.2) is 16.5 Å². The van der Waals surface area contributed by atoms with Gasteiger partial charge in [0.1, 0.15) is 11.6 Å². The second-order valence-electron chi connectivity index (χ2n) is 5.19. The van der Waals surface area contributed by atoms with E-state index in [1.807, 2.05) is 49.0 Å². The van der Waals surface area contributed by atoms with E-state index in [2.05, 4.69) is 28.5 Å². The van der Waals surface area contributed by atoms with Crippen LogP contribution in [0.3, 0.4) is 0 Å². The summed E-state index contributed by atoms with van der Waals surface area (Å²) in [6.45, 7) is 5.08. The summed E-state index contributed by atoms with van der Waals surface area (Å²) in [4.78, 5) is 8.27. The van der Waals surface area contributed by atoms with Gasteiger partial charge in [0.15, 0.2) is 23.0 Å². The van der Waals surface area contributed by atoms with Crippen LogP contribution in [0.5, 0.6) is 5.75 Å². The summed E-state index contributed by atoms with van der Waals surface area (Å²) in [5.74, 6) is 1.92. The van der Waals surface area contributed by atoms with Crippen LogP contribution in [-0.2, 0) is 0 Å². The normalized spacial score (nSPS) is 17.5. The quantitative estimate of drug-likeness (QED) is 0.593. The predicted molar refractivity (Wildman–Crippen MR) is 99.6 cm³/mol. The molecule has 1 fully saturated rings. The highest BCUT2D eigenvalue weighted by Gasteiger charge is 2.20. The van der Waals surface area contributed by atoms with Crippen LogP contribution < -0.4 is 8.38 Å². The fourth-order valence-corrected chi connectivity index (χ4v) is 3.20. The highest BCUT2D eigenvalue weighted by atomic mass is 127. The lowest BCUT2D eigenvalue weighted by atomic mass is 10.1. The Morgan fingerprint density at radius 2 is 2.09 bits per heavy atom. The summed E-state index contributed by atoms with van der Waals surface area (Å²) < 4.78 is 5.25. The van der Waals surface area contributed by atoms with Crippen molar-refractivity contribution in [2.45, 2.75) is 32.7 Å². The molecule has 0 spiro atoms. The lowest BCUT2D eigenvalue weighted by molar-refractivity contribution is 0.614. The number of hydrogen-bond donors (Lipinski definition) is 2. The van der Waals surface area contributed by atoms with Gasteiger partial charge in [0.05, 0.1) is 17.1 Å². The fraction of sp³-hybridized carbons (Fsp3) is 0.353. The number of H-pyrrole nitrogens is 1. The number of fused-ring (bicyclic) bond motifs is 3. The van der Waals surface area contributed by atoms with E-state index in [4.69, 9.17) is 8.05 Å². The van der Waals surface area contributed by atoms with E-state index in [9.17, 15) is 0 Å². The zero-order chi connectivity index (χ0) is 15.5. The summed E-state index contributed by atoms with van der Waals surface area (Å²) in [6.07, 6.45) is 2.38. The molecule has 4 nitrogen and oxygen atoms in total. The van der Waals surface area contributed by atoms with Crippen molar-refractivity contribution in [1.29, 1.82) is 0 Å². The van der Waals surface area contributed by atoms with E-state index >= 15 is 0 Å². The molecule has 22 heavy (non-hydrogen) atoms. The van der Waals surface area contributed by atoms with Gasteiger partial charge in [-0.25, -0.2) is 4.98 Å². The van der Waals surface area contributed by atoms with Crippen molar-refractivity contribution in [3.8, 4) is 5.75 Å². The maximum absolute atomic E-state index is 5.25. The van der Waals surface area contributed by atoms with E-state index in [0.717, 1.165) is 41.0 Å². The van der Waals surface area contributed by atoms with Gasteiger partial charge in [0.25, 0.3) is 0 Å². The number of rotatable bonds is 2. The van der Waals surface area contributed by atoms with Gasteiger partial charge >= 0.3 is 0 Å². The van der Waals surface area contributed by atoms with Crippen LogP contribution in [0.15, 0.2) is 30.3 Å². The minimum atomic E-state index is 0.370. The molecule has 1 aliphatic rings. The monoisotopic (exact) mass is 409 g/mol. The van der Waals surface area contributed by atoms with Gasteiger partial charge in [-0.05, 0) is 49.0 Å². The zero-order valence-corrected chi connectivity index (χ0v) is 15.0. The average Bonchev–Trinajstić information content (AvgIpc) is 3.25. The van der Waals surface area contributed by atoms with Gasteiger partial charge in [-0.2, -0.15) is 0 Å². The molecule has 0 bridgehead atoms. The molecular formula is C17H20IN3O. The first kappa shape index (κ1) is 15.6. The molecule has 2 N–H and O–H groups in total. The molecule has 0 radical (unpaired) electrons. The first-order valence-electron chi connectivity index (χ1n) is 7.79. The Morgan fingerprint density at radius 3 is 2.82 bits per heavy atom. The summed E-state index contributed by atoms with van der Waals surface area (Å²) in [5.41, 5.74) is 2.15. The Hall–Kier alpha value is -1.34. The number of benzene rings is 2. The summed E-state index contributed by atoms with van der Waals surface area (Å²) >= 11 is 1.90. The van der Waals surface area contributed by atoms with Crippen molar-refractivity contribution in [2.24, 2.45) is 0 Å². The number of aromatic nitrogens is 2. The number of halogens is 1. The first-order valence-corrected chi connectivity index (χ1v) is 8.67. The Balaban J connectivity index is 0.000000693. The molecule has 2 heterocycles. The van der Waals surface area contributed by atoms with E-state index in [1.54, 1.807) is 0 Å². The Bertz CT molecular complexity index is 778. The predicted octanol–water partition coefficient (Wildman–Crippen LogP) is 4.90. The van der Waals surface area contributed by atoms with Crippen molar-refractivity contribution in [2.75, 3.05) is 6.54 Å². The minimum absolute atomic E-state index is 0.370. The molecule has 5 heteroatoms. The largest absolute Gasteiger partial charge is 0.428 e. The van der Waals surface area contributed by atoms with Crippen LogP contribution >= 0.6 is 23.0 Å². The van der Waals surface area contributed by atoms with Crippen molar-refractivity contribution in [3.63, 3.8) is 0 Å². The SMILES string of the molecule is CC.IOc1ccc2c(ccc3[nH]c(C4CCCN4)nc32)c1. The van der Waals surface area contributed by atoms with Gasteiger partial charge in [-0.15, -0.1) is 0 Å². The zero-order valence-electron chi connectivity index (χ0n) is 12.8. The van der Waals surface area contributed by atoms with Crippen LogP contribution in [0.2, 0.25) is 0 Å². The average molecular weight is 409 g/mol. The van der Waals surface area contributed by atoms with Crippen molar-refractivity contribution < 1.29 is 3.07 Å². The summed E-state index contributed by atoms with van der Waals surface area (Å²) in [6, 6.07) is 10.7. The third kappa shape index (κ3) is 2.79. The van der Waals surface area contributed by atoms with Gasteiger partial charge in [-0.1, -0.05) is 19.9 Å². The van der Waals surface area contributed by atoms with Crippen molar-refractivity contribution in [3.05, 3.63) is 36.2 Å². The van der Waals surface area contributed by atoms with E-state index in [0.29, 0.717) is 6.04 Å². The molecule has 2 aromatic carbocycles. The molecule has 1 aromatic heterocycles. The van der Waals surface area contributed by atoms with Crippen LogP contribution in [0.25, 0.3) is 21.8 Å². The lowest BCUT2D eigenvalue weighted by Gasteiger charge is -2.04. The Labute approximate surface area is 144 Å². The number of imidazole rings is 1. The Kier molecular flexibility index (Phi) is 4.83. The van der Waals surface area contributed by atoms with Crippen LogP contribution in [0.1, 0.15) is 38.6 Å². The highest BCUT2D eigenvalue weighted by molar-refractivity contribution is 14.1. The molecule has 4 rings (SSSR count). The van der Waals surface area contributed by atoms with Gasteiger partial charge in [0, 0.05) is 5.39 Å². The first-order chi connectivity index (χ1) is 10.8. The summed E-state index contributed by atoms with van der Waals surface area (Å²) in [5, 5.41) is 5.81. The maximum Gasteiger partial charge on any atom is 0.192 e.